The van der Waals surface area contributed by atoms with E-state index >= 15 is 0 Å². The highest BCUT2D eigenvalue weighted by atomic mass is 35.5. The topological polar surface area (TPSA) is 57.7 Å². The van der Waals surface area contributed by atoms with Crippen LogP contribution < -0.4 is 4.90 Å². The predicted molar refractivity (Wildman–Crippen MR) is 110 cm³/mol. The van der Waals surface area contributed by atoms with E-state index in [0.29, 0.717) is 27.8 Å². The third-order valence-electron chi connectivity index (χ3n) is 6.34. The van der Waals surface area contributed by atoms with Crippen molar-refractivity contribution in [1.82, 2.24) is 4.90 Å². The normalized spacial score (nSPS) is 28.7. The highest BCUT2D eigenvalue weighted by Crippen LogP contribution is 2.49. The van der Waals surface area contributed by atoms with E-state index in [1.54, 1.807) is 48.5 Å². The summed E-state index contributed by atoms with van der Waals surface area (Å²) in [5, 5.41) is 0.889. The number of amides is 2. The number of Topliss-reactive ketones (excluding diaryl/α,β-unsaturated/α-hetero) is 1. The van der Waals surface area contributed by atoms with Gasteiger partial charge in [-0.1, -0.05) is 35.3 Å². The third-order valence-corrected chi connectivity index (χ3v) is 6.91. The first-order chi connectivity index (χ1) is 14.0. The largest absolute Gasteiger partial charge is 0.292 e. The van der Waals surface area contributed by atoms with Crippen molar-refractivity contribution in [2.45, 2.75) is 24.9 Å². The van der Waals surface area contributed by atoms with Crippen LogP contribution in [0.15, 0.2) is 48.5 Å². The number of ketones is 1. The van der Waals surface area contributed by atoms with Gasteiger partial charge in [-0.2, -0.15) is 0 Å². The van der Waals surface area contributed by atoms with Gasteiger partial charge in [-0.05, 0) is 55.8 Å². The Hall–Kier alpha value is -2.21. The van der Waals surface area contributed by atoms with E-state index < -0.39 is 17.9 Å². The number of fused-ring (bicyclic) bond motifs is 3. The molecule has 0 unspecified atom stereocenters. The van der Waals surface area contributed by atoms with Crippen molar-refractivity contribution in [3.05, 3.63) is 64.1 Å². The minimum atomic E-state index is -0.688. The molecule has 0 saturated carbocycles. The first kappa shape index (κ1) is 18.8. The fraction of sp³-hybridized carbons (Fsp3) is 0.318. The second-order valence-electron chi connectivity index (χ2n) is 7.78. The number of benzene rings is 2. The first-order valence-corrected chi connectivity index (χ1v) is 10.4. The zero-order valence-electron chi connectivity index (χ0n) is 15.4. The Morgan fingerprint density at radius 3 is 2.34 bits per heavy atom. The van der Waals surface area contributed by atoms with E-state index in [0.717, 1.165) is 12.8 Å². The monoisotopic (exact) mass is 428 g/mol. The second-order valence-corrected chi connectivity index (χ2v) is 8.62. The van der Waals surface area contributed by atoms with E-state index in [4.69, 9.17) is 23.2 Å². The van der Waals surface area contributed by atoms with Gasteiger partial charge in [0.2, 0.25) is 11.8 Å². The molecule has 0 aromatic heterocycles. The van der Waals surface area contributed by atoms with Crippen molar-refractivity contribution >= 4 is 46.5 Å². The number of nitrogens with zero attached hydrogens (tertiary/aromatic N) is 2. The summed E-state index contributed by atoms with van der Waals surface area (Å²) in [6.45, 7) is 0.717. The zero-order chi connectivity index (χ0) is 20.3. The maximum Gasteiger partial charge on any atom is 0.239 e. The number of anilines is 1. The molecule has 2 amide bonds. The Morgan fingerprint density at radius 1 is 0.931 bits per heavy atom. The lowest BCUT2D eigenvalue weighted by atomic mass is 9.85. The molecular weight excluding hydrogens is 411 g/mol. The highest BCUT2D eigenvalue weighted by Gasteiger charge is 2.64. The molecule has 7 heteroatoms. The highest BCUT2D eigenvalue weighted by molar-refractivity contribution is 6.36. The maximum absolute atomic E-state index is 13.4. The van der Waals surface area contributed by atoms with Crippen molar-refractivity contribution in [2.75, 3.05) is 11.4 Å². The lowest BCUT2D eigenvalue weighted by molar-refractivity contribution is -0.123. The molecule has 0 spiro atoms. The van der Waals surface area contributed by atoms with Crippen molar-refractivity contribution in [3.63, 3.8) is 0 Å². The SMILES string of the molecule is O=C(c1ccc(Cl)cc1)[C@@H]1[C@@H]2C(=O)N(c3ccccc3Cl)C(=O)[C@@H]2[C@@H]2CCCN12. The molecule has 3 saturated heterocycles. The maximum atomic E-state index is 13.4. The standard InChI is InChI=1S/C22H18Cl2N2O3/c23-13-9-7-12(8-10-13)20(27)19-18-17(16-6-3-11-25(16)19)21(28)26(22(18)29)15-5-2-1-4-14(15)24/h1-2,4-5,7-10,16-19H,3,6,11H2/t16-,17+,18+,19-/m0/s1. The number of rotatable bonds is 3. The molecule has 5 nitrogen and oxygen atoms in total. The van der Waals surface area contributed by atoms with Crippen LogP contribution in [0.1, 0.15) is 23.2 Å². The summed E-state index contributed by atoms with van der Waals surface area (Å²) < 4.78 is 0. The number of hydrogen-bond donors (Lipinski definition) is 0. The molecule has 5 rings (SSSR count). The van der Waals surface area contributed by atoms with Crippen LogP contribution in [0.3, 0.4) is 0 Å². The number of carbonyl (C=O) groups excluding carboxylic acids is 3. The zero-order valence-corrected chi connectivity index (χ0v) is 16.9. The summed E-state index contributed by atoms with van der Waals surface area (Å²) >= 11 is 12.2. The van der Waals surface area contributed by atoms with Crippen molar-refractivity contribution in [2.24, 2.45) is 11.8 Å². The Bertz CT molecular complexity index is 1020. The van der Waals surface area contributed by atoms with Gasteiger partial charge in [-0.15, -0.1) is 0 Å². The Balaban J connectivity index is 1.56. The summed E-state index contributed by atoms with van der Waals surface area (Å²) in [7, 11) is 0. The Kier molecular flexibility index (Phi) is 4.50. The van der Waals surface area contributed by atoms with Gasteiger partial charge in [0.25, 0.3) is 0 Å². The van der Waals surface area contributed by atoms with Crippen LogP contribution in [0.4, 0.5) is 5.69 Å². The molecule has 0 bridgehead atoms. The summed E-state index contributed by atoms with van der Waals surface area (Å²) in [5.74, 6) is -1.93. The van der Waals surface area contributed by atoms with Crippen LogP contribution in [-0.4, -0.2) is 41.1 Å². The molecular formula is C22H18Cl2N2O3. The van der Waals surface area contributed by atoms with Gasteiger partial charge in [-0.25, -0.2) is 4.90 Å². The van der Waals surface area contributed by atoms with E-state index in [1.807, 2.05) is 0 Å². The summed E-state index contributed by atoms with van der Waals surface area (Å²) in [6.07, 6.45) is 1.72. The van der Waals surface area contributed by atoms with Crippen molar-refractivity contribution < 1.29 is 14.4 Å². The van der Waals surface area contributed by atoms with E-state index in [-0.39, 0.29) is 23.6 Å². The van der Waals surface area contributed by atoms with Gasteiger partial charge in [-0.3, -0.25) is 19.3 Å². The van der Waals surface area contributed by atoms with Gasteiger partial charge in [0.15, 0.2) is 5.78 Å². The fourth-order valence-electron chi connectivity index (χ4n) is 5.17. The van der Waals surface area contributed by atoms with Gasteiger partial charge in [0, 0.05) is 16.6 Å². The van der Waals surface area contributed by atoms with Gasteiger partial charge in [0.1, 0.15) is 0 Å². The molecule has 3 fully saturated rings. The van der Waals surface area contributed by atoms with Gasteiger partial charge >= 0.3 is 0 Å². The molecule has 3 heterocycles. The summed E-state index contributed by atoms with van der Waals surface area (Å²) in [4.78, 5) is 43.4. The number of para-hydroxylation sites is 1. The molecule has 0 aliphatic carbocycles. The molecule has 3 aliphatic rings. The smallest absolute Gasteiger partial charge is 0.239 e. The minimum Gasteiger partial charge on any atom is -0.292 e. The van der Waals surface area contributed by atoms with Crippen LogP contribution in [0.25, 0.3) is 0 Å². The van der Waals surface area contributed by atoms with Crippen molar-refractivity contribution in [3.8, 4) is 0 Å². The minimum absolute atomic E-state index is 0.0924. The van der Waals surface area contributed by atoms with E-state index in [2.05, 4.69) is 4.90 Å². The quantitative estimate of drug-likeness (QED) is 0.550. The Morgan fingerprint density at radius 2 is 1.62 bits per heavy atom. The number of imide groups is 1. The van der Waals surface area contributed by atoms with Crippen molar-refractivity contribution in [1.29, 1.82) is 0 Å². The summed E-state index contributed by atoms with van der Waals surface area (Å²) in [6, 6.07) is 12.8. The van der Waals surface area contributed by atoms with Gasteiger partial charge in [0.05, 0.1) is 28.6 Å². The number of halogens is 2. The predicted octanol–water partition coefficient (Wildman–Crippen LogP) is 3.83. The molecule has 148 valence electrons. The van der Waals surface area contributed by atoms with Crippen LogP contribution in [0.5, 0.6) is 0 Å². The molecule has 3 aliphatic heterocycles. The molecule has 2 aromatic rings. The third kappa shape index (κ3) is 2.75. The lowest BCUT2D eigenvalue weighted by Gasteiger charge is -2.27. The lowest BCUT2D eigenvalue weighted by Crippen LogP contribution is -2.46. The average molecular weight is 429 g/mol. The van der Waals surface area contributed by atoms with Crippen LogP contribution in [0.2, 0.25) is 10.0 Å². The molecule has 0 radical (unpaired) electrons. The van der Waals surface area contributed by atoms with Crippen LogP contribution in [0, 0.1) is 11.8 Å². The molecule has 4 atom stereocenters. The second kappa shape index (κ2) is 6.94. The fourth-order valence-corrected chi connectivity index (χ4v) is 5.52. The Labute approximate surface area is 178 Å². The van der Waals surface area contributed by atoms with E-state index in [1.165, 1.54) is 4.90 Å². The molecule has 29 heavy (non-hydrogen) atoms. The summed E-state index contributed by atoms with van der Waals surface area (Å²) in [5.41, 5.74) is 0.892. The number of hydrogen-bond acceptors (Lipinski definition) is 4. The first-order valence-electron chi connectivity index (χ1n) is 9.67. The molecule has 0 N–H and O–H groups in total. The van der Waals surface area contributed by atoms with Gasteiger partial charge < -0.3 is 0 Å². The van der Waals surface area contributed by atoms with Crippen LogP contribution in [-0.2, 0) is 9.59 Å². The molecule has 2 aromatic carbocycles. The van der Waals surface area contributed by atoms with Crippen LogP contribution >= 0.6 is 23.2 Å². The average Bonchev–Trinajstić information content (AvgIpc) is 3.35. The number of carbonyl (C=O) groups is 3. The van der Waals surface area contributed by atoms with E-state index in [9.17, 15) is 14.4 Å².